The molecule has 0 bridgehead atoms. The van der Waals surface area contributed by atoms with Gasteiger partial charge in [0.25, 0.3) is 5.78 Å². The molecular weight excluding hydrogens is 420 g/mol. The molecule has 1 amide bonds. The van der Waals surface area contributed by atoms with E-state index in [1.54, 1.807) is 16.8 Å². The van der Waals surface area contributed by atoms with Gasteiger partial charge in [-0.3, -0.25) is 4.79 Å². The molecule has 0 aliphatic rings. The van der Waals surface area contributed by atoms with Gasteiger partial charge in [-0.1, -0.05) is 18.2 Å². The Morgan fingerprint density at radius 2 is 1.91 bits per heavy atom. The highest BCUT2D eigenvalue weighted by Crippen LogP contribution is 2.30. The first kappa shape index (κ1) is 22.2. The number of rotatable bonds is 9. The van der Waals surface area contributed by atoms with Gasteiger partial charge in [-0.05, 0) is 50.5 Å². The van der Waals surface area contributed by atoms with Gasteiger partial charge in [0.05, 0.1) is 6.61 Å². The minimum Gasteiger partial charge on any atom is -0.490 e. The van der Waals surface area contributed by atoms with Crippen molar-refractivity contribution in [3.63, 3.8) is 0 Å². The number of pyridine rings is 1. The molecule has 0 fully saturated rings. The number of aromatic nitrogens is 5. The monoisotopic (exact) mass is 446 g/mol. The van der Waals surface area contributed by atoms with E-state index < -0.39 is 0 Å². The molecule has 0 saturated carbocycles. The van der Waals surface area contributed by atoms with E-state index in [9.17, 15) is 4.79 Å². The summed E-state index contributed by atoms with van der Waals surface area (Å²) < 4.78 is 13.1. The summed E-state index contributed by atoms with van der Waals surface area (Å²) in [5.74, 6) is 2.26. The van der Waals surface area contributed by atoms with Crippen molar-refractivity contribution in [1.29, 1.82) is 0 Å². The number of hydrogen-bond donors (Lipinski definition) is 1. The van der Waals surface area contributed by atoms with Crippen LogP contribution in [0.2, 0.25) is 0 Å². The number of aryl methyl sites for hydroxylation is 2. The molecular formula is C24H26N6O3. The van der Waals surface area contributed by atoms with Crippen molar-refractivity contribution < 1.29 is 14.3 Å². The second kappa shape index (κ2) is 10.1. The van der Waals surface area contributed by atoms with E-state index >= 15 is 0 Å². The zero-order valence-electron chi connectivity index (χ0n) is 18.9. The van der Waals surface area contributed by atoms with Gasteiger partial charge >= 0.3 is 0 Å². The molecule has 33 heavy (non-hydrogen) atoms. The van der Waals surface area contributed by atoms with Crippen molar-refractivity contribution in [2.24, 2.45) is 0 Å². The van der Waals surface area contributed by atoms with Gasteiger partial charge in [0.2, 0.25) is 11.8 Å². The average molecular weight is 447 g/mol. The fraction of sp³-hybridized carbons (Fsp3) is 0.292. The summed E-state index contributed by atoms with van der Waals surface area (Å²) >= 11 is 0. The fourth-order valence-corrected chi connectivity index (χ4v) is 3.54. The van der Waals surface area contributed by atoms with E-state index in [0.29, 0.717) is 49.1 Å². The number of fused-ring (bicyclic) bond motifs is 1. The maximum Gasteiger partial charge on any atom is 0.252 e. The Hall–Kier alpha value is -4.01. The maximum absolute atomic E-state index is 12.4. The van der Waals surface area contributed by atoms with Crippen LogP contribution in [0.5, 0.6) is 17.4 Å². The molecule has 9 nitrogen and oxygen atoms in total. The Labute approximate surface area is 191 Å². The van der Waals surface area contributed by atoms with E-state index in [1.165, 1.54) is 6.33 Å². The Bertz CT molecular complexity index is 1250. The summed E-state index contributed by atoms with van der Waals surface area (Å²) in [6, 6.07) is 11.1. The lowest BCUT2D eigenvalue weighted by Gasteiger charge is -2.11. The normalized spacial score (nSPS) is 10.9. The highest BCUT2D eigenvalue weighted by molar-refractivity contribution is 5.76. The van der Waals surface area contributed by atoms with Crippen LogP contribution >= 0.6 is 0 Å². The Morgan fingerprint density at radius 1 is 1.09 bits per heavy atom. The molecule has 1 N–H and O–H groups in total. The number of amides is 1. The van der Waals surface area contributed by atoms with Crippen LogP contribution in [0.4, 0.5) is 0 Å². The van der Waals surface area contributed by atoms with Crippen molar-refractivity contribution >= 4 is 11.7 Å². The van der Waals surface area contributed by atoms with Crippen molar-refractivity contribution in [3.05, 3.63) is 71.4 Å². The van der Waals surface area contributed by atoms with Gasteiger partial charge in [0, 0.05) is 36.6 Å². The smallest absolute Gasteiger partial charge is 0.252 e. The number of carbonyl (C=O) groups is 1. The number of hydrogen-bond acceptors (Lipinski definition) is 7. The number of nitrogens with zero attached hydrogens (tertiary/aromatic N) is 5. The summed E-state index contributed by atoms with van der Waals surface area (Å²) in [6.07, 6.45) is 4.10. The summed E-state index contributed by atoms with van der Waals surface area (Å²) in [5.41, 5.74) is 3.71. The first-order valence-corrected chi connectivity index (χ1v) is 10.8. The Kier molecular flexibility index (Phi) is 6.77. The van der Waals surface area contributed by atoms with Crippen molar-refractivity contribution in [2.75, 3.05) is 6.61 Å². The van der Waals surface area contributed by atoms with Crippen LogP contribution in [-0.2, 0) is 17.8 Å². The molecule has 4 aromatic rings. The average Bonchev–Trinajstić information content (AvgIpc) is 3.28. The number of benzene rings is 1. The van der Waals surface area contributed by atoms with E-state index in [0.717, 1.165) is 22.5 Å². The maximum atomic E-state index is 12.4. The molecule has 9 heteroatoms. The lowest BCUT2D eigenvalue weighted by atomic mass is 10.1. The second-order valence-corrected chi connectivity index (χ2v) is 7.50. The van der Waals surface area contributed by atoms with Crippen LogP contribution in [0, 0.1) is 13.8 Å². The van der Waals surface area contributed by atoms with E-state index in [-0.39, 0.29) is 5.91 Å². The SMILES string of the molecule is CCOc1ccccc1Oc1ccc(CNC(=O)CCc2c(C)nc3ncnn3c2C)cn1. The van der Waals surface area contributed by atoms with E-state index in [1.807, 2.05) is 51.1 Å². The number of ether oxygens (including phenoxy) is 2. The summed E-state index contributed by atoms with van der Waals surface area (Å²) in [4.78, 5) is 25.3. The predicted molar refractivity (Wildman–Crippen MR) is 122 cm³/mol. The van der Waals surface area contributed by atoms with Gasteiger partial charge in [-0.2, -0.15) is 10.1 Å². The lowest BCUT2D eigenvalue weighted by molar-refractivity contribution is -0.121. The molecule has 0 spiro atoms. The molecule has 170 valence electrons. The highest BCUT2D eigenvalue weighted by Gasteiger charge is 2.13. The van der Waals surface area contributed by atoms with Gasteiger partial charge in [0.1, 0.15) is 6.33 Å². The van der Waals surface area contributed by atoms with E-state index in [2.05, 4.69) is 25.4 Å². The molecule has 0 aliphatic heterocycles. The fourth-order valence-electron chi connectivity index (χ4n) is 3.54. The molecule has 0 atom stereocenters. The summed E-state index contributed by atoms with van der Waals surface area (Å²) in [5, 5.41) is 7.13. The molecule has 4 rings (SSSR count). The zero-order chi connectivity index (χ0) is 23.2. The summed E-state index contributed by atoms with van der Waals surface area (Å²) in [7, 11) is 0. The van der Waals surface area contributed by atoms with Gasteiger partial charge in [-0.15, -0.1) is 0 Å². The third-order valence-electron chi connectivity index (χ3n) is 5.24. The lowest BCUT2D eigenvalue weighted by Crippen LogP contribution is -2.23. The molecule has 0 saturated heterocycles. The van der Waals surface area contributed by atoms with E-state index in [4.69, 9.17) is 9.47 Å². The Morgan fingerprint density at radius 3 is 2.67 bits per heavy atom. The topological polar surface area (TPSA) is 104 Å². The van der Waals surface area contributed by atoms with Crippen molar-refractivity contribution in [2.45, 2.75) is 40.2 Å². The molecule has 0 aliphatic carbocycles. The van der Waals surface area contributed by atoms with Crippen molar-refractivity contribution in [1.82, 2.24) is 29.9 Å². The Balaban J connectivity index is 1.30. The quantitative estimate of drug-likeness (QED) is 0.419. The zero-order valence-corrected chi connectivity index (χ0v) is 18.9. The van der Waals surface area contributed by atoms with Crippen LogP contribution in [0.1, 0.15) is 35.9 Å². The third kappa shape index (κ3) is 5.25. The van der Waals surface area contributed by atoms with Crippen molar-refractivity contribution in [3.8, 4) is 17.4 Å². The molecule has 3 aromatic heterocycles. The van der Waals surface area contributed by atoms with Crippen LogP contribution in [0.25, 0.3) is 5.78 Å². The predicted octanol–water partition coefficient (Wildman–Crippen LogP) is 3.58. The van der Waals surface area contributed by atoms with Crippen LogP contribution in [0.15, 0.2) is 48.9 Å². The number of para-hydroxylation sites is 2. The third-order valence-corrected chi connectivity index (χ3v) is 5.24. The standard InChI is InChI=1S/C24H26N6O3/c1-4-32-20-7-5-6-8-21(20)33-23-12-9-18(14-26-23)13-25-22(31)11-10-19-16(2)29-24-27-15-28-30(24)17(19)3/h5-9,12,14-15H,4,10-11,13H2,1-3H3,(H,25,31). The second-order valence-electron chi connectivity index (χ2n) is 7.50. The molecule has 1 aromatic carbocycles. The van der Waals surface area contributed by atoms with Gasteiger partial charge in [-0.25, -0.2) is 14.5 Å². The van der Waals surface area contributed by atoms with Crippen LogP contribution < -0.4 is 14.8 Å². The van der Waals surface area contributed by atoms with Crippen LogP contribution in [0.3, 0.4) is 0 Å². The highest BCUT2D eigenvalue weighted by atomic mass is 16.5. The minimum atomic E-state index is -0.0431. The summed E-state index contributed by atoms with van der Waals surface area (Å²) in [6.45, 7) is 6.76. The van der Waals surface area contributed by atoms with Gasteiger partial charge in [0.15, 0.2) is 11.5 Å². The molecule has 3 heterocycles. The number of nitrogens with one attached hydrogen (secondary N) is 1. The first-order chi connectivity index (χ1) is 16.0. The number of carbonyl (C=O) groups excluding carboxylic acids is 1. The van der Waals surface area contributed by atoms with Crippen LogP contribution in [-0.4, -0.2) is 37.1 Å². The first-order valence-electron chi connectivity index (χ1n) is 10.8. The minimum absolute atomic E-state index is 0.0431. The largest absolute Gasteiger partial charge is 0.490 e. The van der Waals surface area contributed by atoms with Gasteiger partial charge < -0.3 is 14.8 Å². The molecule has 0 unspecified atom stereocenters. The molecule has 0 radical (unpaired) electrons.